The van der Waals surface area contributed by atoms with Gasteiger partial charge in [0, 0.05) is 14.2 Å². The molecule has 0 fully saturated rings. The van der Waals surface area contributed by atoms with Crippen molar-refractivity contribution >= 4 is 10.1 Å². The summed E-state index contributed by atoms with van der Waals surface area (Å²) in [5, 5.41) is 0. The van der Waals surface area contributed by atoms with Crippen LogP contribution in [0.2, 0.25) is 0 Å². The molecular weight excluding hydrogens is 184 g/mol. The second-order valence-electron chi connectivity index (χ2n) is 2.30. The van der Waals surface area contributed by atoms with Gasteiger partial charge in [0.2, 0.25) is 0 Å². The fraction of sp³-hybridized carbons (Fsp3) is 1.00. The first kappa shape index (κ1) is 11.8. The molecule has 0 bridgehead atoms. The number of rotatable bonds is 6. The minimum absolute atomic E-state index is 0.0107. The Balaban J connectivity index is 3.73. The maximum atomic E-state index is 10.5. The molecule has 0 aliphatic heterocycles. The van der Waals surface area contributed by atoms with Crippen LogP contribution in [-0.4, -0.2) is 48.2 Å². The Morgan fingerprint density at radius 1 is 1.25 bits per heavy atom. The molecule has 5 nitrogen and oxygen atoms in total. The molecule has 1 unspecified atom stereocenters. The van der Waals surface area contributed by atoms with Crippen molar-refractivity contribution in [1.29, 1.82) is 0 Å². The van der Waals surface area contributed by atoms with Crippen LogP contribution < -0.4 is 0 Å². The fourth-order valence-electron chi connectivity index (χ4n) is 0.570. The summed E-state index contributed by atoms with van der Waals surface area (Å²) in [5.41, 5.74) is 0. The number of hydrogen-bond donors (Lipinski definition) is 0. The number of methoxy groups -OCH3 is 2. The third kappa shape index (κ3) is 6.53. The van der Waals surface area contributed by atoms with Crippen LogP contribution in [0.15, 0.2) is 0 Å². The SMILES string of the molecule is COCC(COS(C)(=O)=O)OC. The normalized spacial score (nSPS) is 14.6. The van der Waals surface area contributed by atoms with Crippen LogP contribution in [0.5, 0.6) is 0 Å². The second-order valence-corrected chi connectivity index (χ2v) is 3.95. The van der Waals surface area contributed by atoms with Gasteiger partial charge in [0.15, 0.2) is 0 Å². The van der Waals surface area contributed by atoms with Gasteiger partial charge >= 0.3 is 0 Å². The maximum Gasteiger partial charge on any atom is 0.264 e. The van der Waals surface area contributed by atoms with E-state index in [9.17, 15) is 8.42 Å². The molecule has 0 aliphatic carbocycles. The first-order valence-corrected chi connectivity index (χ1v) is 5.17. The first-order valence-electron chi connectivity index (χ1n) is 3.35. The molecule has 0 saturated heterocycles. The lowest BCUT2D eigenvalue weighted by atomic mass is 10.4. The van der Waals surface area contributed by atoms with Crippen LogP contribution in [-0.2, 0) is 23.8 Å². The zero-order chi connectivity index (χ0) is 9.61. The van der Waals surface area contributed by atoms with Crippen molar-refractivity contribution in [3.8, 4) is 0 Å². The number of ether oxygens (including phenoxy) is 2. The highest BCUT2D eigenvalue weighted by atomic mass is 32.2. The Hall–Kier alpha value is -0.170. The second kappa shape index (κ2) is 5.47. The average molecular weight is 198 g/mol. The summed E-state index contributed by atoms with van der Waals surface area (Å²) in [6, 6.07) is 0. The highest BCUT2D eigenvalue weighted by Crippen LogP contribution is 1.95. The van der Waals surface area contributed by atoms with Crippen LogP contribution in [0, 0.1) is 0 Å². The molecule has 0 aromatic rings. The van der Waals surface area contributed by atoms with Crippen molar-refractivity contribution in [1.82, 2.24) is 0 Å². The maximum absolute atomic E-state index is 10.5. The van der Waals surface area contributed by atoms with Crippen LogP contribution in [0.1, 0.15) is 0 Å². The smallest absolute Gasteiger partial charge is 0.264 e. The molecule has 6 heteroatoms. The van der Waals surface area contributed by atoms with Crippen LogP contribution in [0.4, 0.5) is 0 Å². The standard InChI is InChI=1S/C6H14O5S/c1-9-4-6(10-2)5-11-12(3,7)8/h6H,4-5H2,1-3H3. The van der Waals surface area contributed by atoms with E-state index in [1.807, 2.05) is 0 Å². The average Bonchev–Trinajstić information content (AvgIpc) is 1.96. The summed E-state index contributed by atoms with van der Waals surface area (Å²) in [6.07, 6.45) is 0.650. The predicted molar refractivity (Wildman–Crippen MR) is 43.5 cm³/mol. The van der Waals surface area contributed by atoms with Gasteiger partial charge in [0.25, 0.3) is 10.1 Å². The van der Waals surface area contributed by atoms with E-state index >= 15 is 0 Å². The van der Waals surface area contributed by atoms with Crippen LogP contribution in [0.3, 0.4) is 0 Å². The Bertz CT molecular complexity index is 198. The van der Waals surface area contributed by atoms with Gasteiger partial charge in [0.05, 0.1) is 19.5 Å². The minimum Gasteiger partial charge on any atom is -0.382 e. The monoisotopic (exact) mass is 198 g/mol. The summed E-state index contributed by atoms with van der Waals surface area (Å²) in [7, 11) is -0.409. The van der Waals surface area contributed by atoms with E-state index in [-0.39, 0.29) is 12.7 Å². The molecule has 0 saturated carbocycles. The van der Waals surface area contributed by atoms with Gasteiger partial charge < -0.3 is 9.47 Å². The Labute approximate surface area is 72.7 Å². The molecule has 0 aliphatic rings. The van der Waals surface area contributed by atoms with Crippen molar-refractivity contribution in [3.63, 3.8) is 0 Å². The topological polar surface area (TPSA) is 61.8 Å². The fourth-order valence-corrected chi connectivity index (χ4v) is 0.969. The van der Waals surface area contributed by atoms with E-state index in [0.717, 1.165) is 6.26 Å². The van der Waals surface area contributed by atoms with Gasteiger partial charge in [-0.2, -0.15) is 8.42 Å². The van der Waals surface area contributed by atoms with Crippen molar-refractivity contribution < 1.29 is 22.1 Å². The van der Waals surface area contributed by atoms with E-state index in [1.165, 1.54) is 14.2 Å². The summed E-state index contributed by atoms with van der Waals surface area (Å²) in [6.45, 7) is 0.301. The molecule has 1 atom stereocenters. The summed E-state index contributed by atoms with van der Waals surface area (Å²) in [5.74, 6) is 0. The Morgan fingerprint density at radius 2 is 1.83 bits per heavy atom. The third-order valence-electron chi connectivity index (χ3n) is 1.15. The van der Waals surface area contributed by atoms with E-state index in [4.69, 9.17) is 9.47 Å². The molecule has 0 spiro atoms. The highest BCUT2D eigenvalue weighted by molar-refractivity contribution is 7.85. The lowest BCUT2D eigenvalue weighted by Crippen LogP contribution is -2.25. The molecule has 0 amide bonds. The Kier molecular flexibility index (Phi) is 5.39. The van der Waals surface area contributed by atoms with Crippen molar-refractivity contribution in [2.24, 2.45) is 0 Å². The molecule has 0 rings (SSSR count). The minimum atomic E-state index is -3.38. The first-order chi connectivity index (χ1) is 5.49. The molecule has 12 heavy (non-hydrogen) atoms. The van der Waals surface area contributed by atoms with Gasteiger partial charge in [0.1, 0.15) is 6.10 Å². The summed E-state index contributed by atoms with van der Waals surface area (Å²) in [4.78, 5) is 0. The van der Waals surface area contributed by atoms with E-state index in [1.54, 1.807) is 0 Å². The summed E-state index contributed by atoms with van der Waals surface area (Å²) < 4.78 is 35.2. The van der Waals surface area contributed by atoms with E-state index in [2.05, 4.69) is 4.18 Å². The zero-order valence-electron chi connectivity index (χ0n) is 7.44. The zero-order valence-corrected chi connectivity index (χ0v) is 8.26. The molecule has 0 aromatic carbocycles. The summed E-state index contributed by atoms with van der Waals surface area (Å²) >= 11 is 0. The molecule has 0 radical (unpaired) electrons. The van der Waals surface area contributed by atoms with Crippen LogP contribution >= 0.6 is 0 Å². The van der Waals surface area contributed by atoms with Gasteiger partial charge in [-0.05, 0) is 0 Å². The molecule has 0 aromatic heterocycles. The third-order valence-corrected chi connectivity index (χ3v) is 1.72. The predicted octanol–water partition coefficient (Wildman–Crippen LogP) is -0.376. The molecule has 0 heterocycles. The van der Waals surface area contributed by atoms with Crippen molar-refractivity contribution in [2.75, 3.05) is 33.7 Å². The molecule has 0 N–H and O–H groups in total. The van der Waals surface area contributed by atoms with Gasteiger partial charge in [-0.15, -0.1) is 0 Å². The molecular formula is C6H14O5S. The largest absolute Gasteiger partial charge is 0.382 e. The van der Waals surface area contributed by atoms with Gasteiger partial charge in [-0.3, -0.25) is 4.18 Å². The van der Waals surface area contributed by atoms with Crippen molar-refractivity contribution in [3.05, 3.63) is 0 Å². The van der Waals surface area contributed by atoms with Crippen molar-refractivity contribution in [2.45, 2.75) is 6.10 Å². The lowest BCUT2D eigenvalue weighted by molar-refractivity contribution is 0.00246. The van der Waals surface area contributed by atoms with Gasteiger partial charge in [-0.1, -0.05) is 0 Å². The Morgan fingerprint density at radius 3 is 2.17 bits per heavy atom. The van der Waals surface area contributed by atoms with Crippen LogP contribution in [0.25, 0.3) is 0 Å². The lowest BCUT2D eigenvalue weighted by Gasteiger charge is -2.12. The molecule has 74 valence electrons. The highest BCUT2D eigenvalue weighted by Gasteiger charge is 2.10. The quantitative estimate of drug-likeness (QED) is 0.545. The van der Waals surface area contributed by atoms with E-state index < -0.39 is 10.1 Å². The number of hydrogen-bond acceptors (Lipinski definition) is 5. The van der Waals surface area contributed by atoms with E-state index in [0.29, 0.717) is 6.61 Å². The van der Waals surface area contributed by atoms with Gasteiger partial charge in [-0.25, -0.2) is 0 Å².